The maximum absolute atomic E-state index is 14.1. The summed E-state index contributed by atoms with van der Waals surface area (Å²) in [6, 6.07) is 2.19. The van der Waals surface area contributed by atoms with E-state index in [1.807, 2.05) is 0 Å². The van der Waals surface area contributed by atoms with Gasteiger partial charge in [0.1, 0.15) is 11.7 Å². The lowest BCUT2D eigenvalue weighted by atomic mass is 9.80. The Morgan fingerprint density at radius 3 is 2.36 bits per heavy atom. The average Bonchev–Trinajstić information content (AvgIpc) is 3.41. The van der Waals surface area contributed by atoms with Crippen LogP contribution in [0.25, 0.3) is 11.3 Å². The molecule has 1 unspecified atom stereocenters. The number of halogens is 6. The van der Waals surface area contributed by atoms with E-state index in [1.54, 1.807) is 0 Å². The zero-order chi connectivity index (χ0) is 30.4. The lowest BCUT2D eigenvalue weighted by molar-refractivity contribution is -0.139. The van der Waals surface area contributed by atoms with Crippen molar-refractivity contribution in [2.24, 2.45) is 0 Å². The molecule has 1 saturated heterocycles. The first-order valence-electron chi connectivity index (χ1n) is 13.4. The van der Waals surface area contributed by atoms with Gasteiger partial charge in [0.2, 0.25) is 0 Å². The molecule has 4 N–H and O–H groups in total. The van der Waals surface area contributed by atoms with E-state index in [4.69, 9.17) is 0 Å². The highest BCUT2D eigenvalue weighted by Crippen LogP contribution is 2.60. The number of benzene rings is 1. The van der Waals surface area contributed by atoms with Crippen LogP contribution in [-0.2, 0) is 6.18 Å². The first-order chi connectivity index (χ1) is 19.9. The van der Waals surface area contributed by atoms with Crippen LogP contribution in [0.4, 0.5) is 26.3 Å². The number of rotatable bonds is 6. The zero-order valence-electron chi connectivity index (χ0n) is 22.1. The van der Waals surface area contributed by atoms with Crippen LogP contribution in [0.3, 0.4) is 0 Å². The Hall–Kier alpha value is -2.72. The van der Waals surface area contributed by atoms with Gasteiger partial charge in [-0.25, -0.2) is 28.7 Å². The Morgan fingerprint density at radius 1 is 1.07 bits per heavy atom. The number of alkyl halides is 3. The largest absolute Gasteiger partial charge is 0.418 e. The molecule has 2 fully saturated rings. The van der Waals surface area contributed by atoms with Crippen LogP contribution in [0.1, 0.15) is 54.7 Å². The molecule has 1 aromatic carbocycles. The number of pyridine rings is 1. The Kier molecular flexibility index (Phi) is 8.60. The fourth-order valence-corrected chi connectivity index (χ4v) is 9.93. The number of thiol groups is 1. The van der Waals surface area contributed by atoms with E-state index in [1.165, 1.54) is 12.4 Å². The summed E-state index contributed by atoms with van der Waals surface area (Å²) in [4.78, 5) is 4.07. The van der Waals surface area contributed by atoms with Crippen LogP contribution in [0.2, 0.25) is 0 Å². The Morgan fingerprint density at radius 2 is 1.74 bits per heavy atom. The molecule has 2 aromatic heterocycles. The molecule has 1 saturated carbocycles. The van der Waals surface area contributed by atoms with Gasteiger partial charge in [0, 0.05) is 22.8 Å². The van der Waals surface area contributed by atoms with Crippen LogP contribution in [0.5, 0.6) is 0 Å². The number of aliphatic hydroxyl groups excluding tert-OH is 3. The van der Waals surface area contributed by atoms with Gasteiger partial charge in [0.15, 0.2) is 17.5 Å². The third-order valence-corrected chi connectivity index (χ3v) is 11.7. The number of aromatic nitrogens is 4. The molecular weight excluding hydrogens is 590 g/mol. The first kappa shape index (κ1) is 30.7. The van der Waals surface area contributed by atoms with Crippen molar-refractivity contribution < 1.29 is 46.8 Å². The number of nitrogens with zero attached hydrogens (tertiary/aromatic N) is 4. The highest BCUT2D eigenvalue weighted by Gasteiger charge is 2.53. The van der Waals surface area contributed by atoms with Crippen molar-refractivity contribution in [3.63, 3.8) is 0 Å². The SMILES string of the molecule is OC[C@@H]1[C@H](O)[C@@H](n2cc(-c3cc(F)c(F)c(F)c3)nn2)[C@@H](O)C[SH]1[C@H](c1ncccc1C(F)(F)F)C1(O)CCCCC1. The van der Waals surface area contributed by atoms with Crippen molar-refractivity contribution in [3.8, 4) is 11.3 Å². The van der Waals surface area contributed by atoms with Crippen LogP contribution < -0.4 is 0 Å². The summed E-state index contributed by atoms with van der Waals surface area (Å²) in [6.07, 6.45) is -3.10. The number of hydrogen-bond acceptors (Lipinski definition) is 7. The lowest BCUT2D eigenvalue weighted by Gasteiger charge is -2.52. The standard InChI is InChI=1S/C27H30F6N4O4S/c28-16-9-14(10-17(29)21(16)30)18-11-37(36-35-18)23-19(39)13-42(20(12-38)24(23)40)25(26(41)6-2-1-3-7-26)22-15(27(31,32)33)5-4-8-34-22/h4-5,8-11,19-20,23-25,38-42H,1-3,6-7,12-13H2/t19-,20+,23-,24-,25+/m0/s1. The summed E-state index contributed by atoms with van der Waals surface area (Å²) in [7, 11) is -1.92. The van der Waals surface area contributed by atoms with Crippen LogP contribution in [-0.4, -0.2) is 75.8 Å². The Labute approximate surface area is 239 Å². The molecule has 1 aliphatic heterocycles. The minimum Gasteiger partial charge on any atom is -0.395 e. The maximum Gasteiger partial charge on any atom is 0.418 e. The predicted octanol–water partition coefficient (Wildman–Crippen LogP) is 3.85. The van der Waals surface area contributed by atoms with Gasteiger partial charge >= 0.3 is 6.18 Å². The molecule has 6 atom stereocenters. The second-order valence-corrected chi connectivity index (χ2v) is 13.4. The molecule has 230 valence electrons. The summed E-state index contributed by atoms with van der Waals surface area (Å²) in [5.74, 6) is -4.76. The van der Waals surface area contributed by atoms with Crippen molar-refractivity contribution in [1.29, 1.82) is 0 Å². The van der Waals surface area contributed by atoms with Gasteiger partial charge in [-0.15, -0.1) is 5.10 Å². The minimum absolute atomic E-state index is 0.0988. The second kappa shape index (κ2) is 11.8. The molecule has 3 heterocycles. The third-order valence-electron chi connectivity index (χ3n) is 8.21. The number of aliphatic hydroxyl groups is 4. The van der Waals surface area contributed by atoms with Crippen molar-refractivity contribution in [2.45, 2.75) is 72.6 Å². The zero-order valence-corrected chi connectivity index (χ0v) is 23.0. The molecule has 0 bridgehead atoms. The summed E-state index contributed by atoms with van der Waals surface area (Å²) in [6.45, 7) is -0.674. The van der Waals surface area contributed by atoms with Crippen LogP contribution >= 0.6 is 10.9 Å². The maximum atomic E-state index is 14.1. The lowest BCUT2D eigenvalue weighted by Crippen LogP contribution is -2.53. The predicted molar refractivity (Wildman–Crippen MR) is 141 cm³/mol. The van der Waals surface area contributed by atoms with Gasteiger partial charge < -0.3 is 20.4 Å². The average molecular weight is 621 g/mol. The highest BCUT2D eigenvalue weighted by atomic mass is 32.2. The van der Waals surface area contributed by atoms with Crippen LogP contribution in [0.15, 0.2) is 36.7 Å². The molecular formula is C27H30F6N4O4S. The van der Waals surface area contributed by atoms with E-state index in [0.29, 0.717) is 25.0 Å². The van der Waals surface area contributed by atoms with E-state index in [9.17, 15) is 46.8 Å². The minimum atomic E-state index is -4.79. The van der Waals surface area contributed by atoms with Crippen molar-refractivity contribution in [1.82, 2.24) is 20.0 Å². The van der Waals surface area contributed by atoms with Gasteiger partial charge in [0.25, 0.3) is 0 Å². The summed E-state index contributed by atoms with van der Waals surface area (Å²) in [5, 5.41) is 50.4. The molecule has 1 aliphatic carbocycles. The van der Waals surface area contributed by atoms with Crippen molar-refractivity contribution in [3.05, 3.63) is 65.4 Å². The molecule has 3 aromatic rings. The van der Waals surface area contributed by atoms with E-state index >= 15 is 0 Å². The van der Waals surface area contributed by atoms with E-state index in [2.05, 4.69) is 15.3 Å². The second-order valence-electron chi connectivity index (χ2n) is 10.8. The topological polar surface area (TPSA) is 125 Å². The van der Waals surface area contributed by atoms with E-state index < -0.39 is 81.0 Å². The molecule has 0 radical (unpaired) electrons. The molecule has 42 heavy (non-hydrogen) atoms. The van der Waals surface area contributed by atoms with Crippen molar-refractivity contribution >= 4 is 10.9 Å². The monoisotopic (exact) mass is 620 g/mol. The highest BCUT2D eigenvalue weighted by molar-refractivity contribution is 8.18. The van der Waals surface area contributed by atoms with Gasteiger partial charge in [-0.1, -0.05) is 24.5 Å². The quantitative estimate of drug-likeness (QED) is 0.161. The third kappa shape index (κ3) is 5.64. The molecule has 15 heteroatoms. The van der Waals surface area contributed by atoms with E-state index in [-0.39, 0.29) is 35.5 Å². The Bertz CT molecular complexity index is 1400. The molecule has 2 aliphatic rings. The normalized spacial score (nSPS) is 28.0. The number of hydrogen-bond donors (Lipinski definition) is 5. The summed E-state index contributed by atoms with van der Waals surface area (Å²) in [5.41, 5.74) is -3.29. The van der Waals surface area contributed by atoms with Gasteiger partial charge in [0.05, 0.1) is 47.1 Å². The smallest absolute Gasteiger partial charge is 0.395 e. The Balaban J connectivity index is 1.53. The fourth-order valence-electron chi connectivity index (χ4n) is 6.24. The molecule has 0 amide bonds. The molecule has 5 rings (SSSR count). The molecule has 0 spiro atoms. The van der Waals surface area contributed by atoms with Gasteiger partial charge in [-0.05, 0) is 37.1 Å². The van der Waals surface area contributed by atoms with Gasteiger partial charge in [-0.3, -0.25) is 4.98 Å². The summed E-state index contributed by atoms with van der Waals surface area (Å²) >= 11 is 0. The van der Waals surface area contributed by atoms with Crippen LogP contribution in [0, 0.1) is 17.5 Å². The fraction of sp³-hybridized carbons (Fsp3) is 0.519. The van der Waals surface area contributed by atoms with Gasteiger partial charge in [-0.2, -0.15) is 13.2 Å². The van der Waals surface area contributed by atoms with E-state index in [0.717, 1.165) is 23.2 Å². The van der Waals surface area contributed by atoms with Crippen molar-refractivity contribution in [2.75, 3.05) is 12.4 Å². The first-order valence-corrected chi connectivity index (χ1v) is 15.1. The molecule has 8 nitrogen and oxygen atoms in total. The summed E-state index contributed by atoms with van der Waals surface area (Å²) < 4.78 is 84.5.